The molecule has 0 aliphatic heterocycles. The van der Waals surface area contributed by atoms with Crippen molar-refractivity contribution in [3.05, 3.63) is 24.8 Å². The van der Waals surface area contributed by atoms with E-state index in [-0.39, 0.29) is 6.42 Å². The Morgan fingerprint density at radius 2 is 1.50 bits per heavy atom. The first-order valence-electron chi connectivity index (χ1n) is 7.55. The van der Waals surface area contributed by atoms with Crippen molar-refractivity contribution in [2.75, 3.05) is 6.61 Å². The predicted molar refractivity (Wildman–Crippen MR) is 79.9 cm³/mol. The van der Waals surface area contributed by atoms with Crippen molar-refractivity contribution in [3.8, 4) is 0 Å². The van der Waals surface area contributed by atoms with Gasteiger partial charge < -0.3 is 9.47 Å². The summed E-state index contributed by atoms with van der Waals surface area (Å²) < 4.78 is 82.5. The lowest BCUT2D eigenvalue weighted by Crippen LogP contribution is -2.46. The van der Waals surface area contributed by atoms with Crippen molar-refractivity contribution in [1.29, 1.82) is 0 Å². The van der Waals surface area contributed by atoms with Gasteiger partial charge in [-0.1, -0.05) is 26.5 Å². The molecule has 0 rings (SSSR count). The zero-order valence-electron chi connectivity index (χ0n) is 14.3. The lowest BCUT2D eigenvalue weighted by molar-refractivity contribution is -0.312. The van der Waals surface area contributed by atoms with Crippen LogP contribution in [0.1, 0.15) is 33.1 Å². The monoisotopic (exact) mass is 390 g/mol. The van der Waals surface area contributed by atoms with Gasteiger partial charge in [-0.15, -0.1) is 6.58 Å². The maximum Gasteiger partial charge on any atom is 0.434 e. The molecule has 0 heterocycles. The van der Waals surface area contributed by atoms with Crippen LogP contribution < -0.4 is 0 Å². The molecule has 10 heteroatoms. The summed E-state index contributed by atoms with van der Waals surface area (Å²) in [6.07, 6.45) is -13.5. The summed E-state index contributed by atoms with van der Waals surface area (Å²) in [5.74, 6) is -2.72. The lowest BCUT2D eigenvalue weighted by atomic mass is 9.79. The van der Waals surface area contributed by atoms with Crippen LogP contribution in [0.25, 0.3) is 0 Å². The first kappa shape index (κ1) is 24.0. The molecule has 0 spiro atoms. The second-order valence-corrected chi connectivity index (χ2v) is 5.53. The predicted octanol–water partition coefficient (Wildman–Crippen LogP) is 4.50. The van der Waals surface area contributed by atoms with Crippen LogP contribution in [-0.4, -0.2) is 37.0 Å². The summed E-state index contributed by atoms with van der Waals surface area (Å²) in [5, 5.41) is 0. The zero-order chi connectivity index (χ0) is 20.8. The Labute approximate surface area is 146 Å². The number of hydrogen-bond donors (Lipinski definition) is 0. The van der Waals surface area contributed by atoms with Crippen LogP contribution in [0.2, 0.25) is 0 Å². The number of ether oxygens (including phenoxy) is 2. The van der Waals surface area contributed by atoms with Gasteiger partial charge in [0.05, 0.1) is 11.0 Å². The summed E-state index contributed by atoms with van der Waals surface area (Å²) in [4.78, 5) is 23.6. The number of carbonyl (C=O) groups is 2. The summed E-state index contributed by atoms with van der Waals surface area (Å²) in [6, 6.07) is 0. The van der Waals surface area contributed by atoms with Gasteiger partial charge in [0.25, 0.3) is 6.10 Å². The third-order valence-electron chi connectivity index (χ3n) is 3.81. The molecule has 0 atom stereocenters. The van der Waals surface area contributed by atoms with Crippen LogP contribution >= 0.6 is 0 Å². The molecule has 0 N–H and O–H groups in total. The molecule has 0 aliphatic carbocycles. The zero-order valence-corrected chi connectivity index (χ0v) is 14.3. The van der Waals surface area contributed by atoms with E-state index in [1.165, 1.54) is 6.08 Å². The minimum absolute atomic E-state index is 0.250. The number of allylic oxidation sites excluding steroid dienone is 1. The molecule has 26 heavy (non-hydrogen) atoms. The molecule has 0 bridgehead atoms. The first-order chi connectivity index (χ1) is 11.7. The number of halogens is 6. The van der Waals surface area contributed by atoms with Gasteiger partial charge in [0, 0.05) is 0 Å². The number of esters is 2. The Morgan fingerprint density at radius 3 is 1.85 bits per heavy atom. The van der Waals surface area contributed by atoms with Crippen molar-refractivity contribution >= 4 is 11.9 Å². The molecular weight excluding hydrogens is 370 g/mol. The van der Waals surface area contributed by atoms with E-state index in [1.807, 2.05) is 0 Å². The highest BCUT2D eigenvalue weighted by Crippen LogP contribution is 2.36. The smallest absolute Gasteiger partial charge is 0.434 e. The van der Waals surface area contributed by atoms with E-state index in [1.54, 1.807) is 13.8 Å². The van der Waals surface area contributed by atoms with Crippen molar-refractivity contribution in [1.82, 2.24) is 0 Å². The first-order valence-corrected chi connectivity index (χ1v) is 7.55. The molecule has 0 aliphatic rings. The Kier molecular flexibility index (Phi) is 8.39. The maximum atomic E-state index is 12.4. The molecule has 4 nitrogen and oxygen atoms in total. The van der Waals surface area contributed by atoms with E-state index in [2.05, 4.69) is 17.9 Å². The van der Waals surface area contributed by atoms with Crippen LogP contribution in [0, 0.1) is 5.41 Å². The van der Waals surface area contributed by atoms with E-state index in [4.69, 9.17) is 4.74 Å². The van der Waals surface area contributed by atoms with E-state index in [0.29, 0.717) is 12.8 Å². The van der Waals surface area contributed by atoms with Crippen LogP contribution in [0.5, 0.6) is 0 Å². The van der Waals surface area contributed by atoms with Gasteiger partial charge in [-0.2, -0.15) is 26.3 Å². The maximum absolute atomic E-state index is 12.4. The van der Waals surface area contributed by atoms with Crippen LogP contribution in [0.4, 0.5) is 26.3 Å². The average Bonchev–Trinajstić information content (AvgIpc) is 2.52. The van der Waals surface area contributed by atoms with Crippen molar-refractivity contribution in [3.63, 3.8) is 0 Å². The van der Waals surface area contributed by atoms with Crippen LogP contribution in [-0.2, 0) is 19.1 Å². The SMILES string of the molecule is C=CCC(CC)(CC)C(=O)OCC(=C)C(=O)OC(C(F)(F)F)C(F)(F)F. The van der Waals surface area contributed by atoms with Crippen molar-refractivity contribution in [2.45, 2.75) is 51.6 Å². The normalized spacial score (nSPS) is 12.7. The molecule has 0 fully saturated rings. The topological polar surface area (TPSA) is 52.6 Å². The molecular formula is C16H20F6O4. The second-order valence-electron chi connectivity index (χ2n) is 5.53. The van der Waals surface area contributed by atoms with E-state index >= 15 is 0 Å². The molecule has 0 aromatic carbocycles. The second kappa shape index (κ2) is 9.09. The van der Waals surface area contributed by atoms with Crippen LogP contribution in [0.3, 0.4) is 0 Å². The standard InChI is InChI=1S/C16H20F6O4/c1-5-8-14(6-2,7-3)13(24)25-9-10(4)11(23)26-12(15(17,18)19)16(20,21)22/h5,12H,1,4,6-9H2,2-3H3. The van der Waals surface area contributed by atoms with Gasteiger partial charge in [0.2, 0.25) is 0 Å². The molecule has 0 unspecified atom stereocenters. The summed E-state index contributed by atoms with van der Waals surface area (Å²) >= 11 is 0. The number of hydrogen-bond acceptors (Lipinski definition) is 4. The fourth-order valence-corrected chi connectivity index (χ4v) is 2.06. The summed E-state index contributed by atoms with van der Waals surface area (Å²) in [6.45, 7) is 9.05. The number of carbonyl (C=O) groups excluding carboxylic acids is 2. The Morgan fingerprint density at radius 1 is 1.04 bits per heavy atom. The van der Waals surface area contributed by atoms with E-state index < -0.39 is 48.0 Å². The molecule has 0 radical (unpaired) electrons. The largest absolute Gasteiger partial charge is 0.460 e. The molecule has 0 aromatic heterocycles. The summed E-state index contributed by atoms with van der Waals surface area (Å²) in [7, 11) is 0. The highest BCUT2D eigenvalue weighted by molar-refractivity contribution is 5.89. The van der Waals surface area contributed by atoms with Gasteiger partial charge in [0.15, 0.2) is 0 Å². The molecule has 0 saturated heterocycles. The minimum Gasteiger partial charge on any atom is -0.460 e. The van der Waals surface area contributed by atoms with Crippen molar-refractivity contribution in [2.24, 2.45) is 5.41 Å². The van der Waals surface area contributed by atoms with Gasteiger partial charge in [-0.05, 0) is 19.3 Å². The quantitative estimate of drug-likeness (QED) is 0.252. The molecule has 0 aromatic rings. The number of alkyl halides is 6. The van der Waals surface area contributed by atoms with E-state index in [9.17, 15) is 35.9 Å². The number of rotatable bonds is 9. The lowest BCUT2D eigenvalue weighted by Gasteiger charge is -2.28. The third-order valence-corrected chi connectivity index (χ3v) is 3.81. The average molecular weight is 390 g/mol. The Hall–Kier alpha value is -2.00. The summed E-state index contributed by atoms with van der Waals surface area (Å²) in [5.41, 5.74) is -1.80. The third kappa shape index (κ3) is 6.38. The Bertz CT molecular complexity index is 518. The highest BCUT2D eigenvalue weighted by Gasteiger charge is 2.60. The molecule has 0 saturated carbocycles. The van der Waals surface area contributed by atoms with Gasteiger partial charge >= 0.3 is 24.3 Å². The van der Waals surface area contributed by atoms with Gasteiger partial charge in [0.1, 0.15) is 6.61 Å². The van der Waals surface area contributed by atoms with Crippen LogP contribution in [0.15, 0.2) is 24.8 Å². The van der Waals surface area contributed by atoms with Gasteiger partial charge in [-0.25, -0.2) is 4.79 Å². The fraction of sp³-hybridized carbons (Fsp3) is 0.625. The Balaban J connectivity index is 4.99. The fourth-order valence-electron chi connectivity index (χ4n) is 2.06. The van der Waals surface area contributed by atoms with Crippen molar-refractivity contribution < 1.29 is 45.4 Å². The molecule has 0 amide bonds. The highest BCUT2D eigenvalue weighted by atomic mass is 19.4. The molecule has 150 valence electrons. The van der Waals surface area contributed by atoms with Gasteiger partial charge in [-0.3, -0.25) is 4.79 Å². The van der Waals surface area contributed by atoms with E-state index in [0.717, 1.165) is 0 Å². The minimum atomic E-state index is -5.84.